The van der Waals surface area contributed by atoms with Crippen molar-refractivity contribution in [1.29, 1.82) is 5.26 Å². The van der Waals surface area contributed by atoms with Gasteiger partial charge in [-0.2, -0.15) is 10.4 Å². The van der Waals surface area contributed by atoms with Gasteiger partial charge in [-0.1, -0.05) is 11.3 Å². The maximum absolute atomic E-state index is 9.47. The Bertz CT molecular complexity index is 1080. The van der Waals surface area contributed by atoms with E-state index in [0.717, 1.165) is 16.1 Å². The van der Waals surface area contributed by atoms with Gasteiger partial charge in [0.25, 0.3) is 0 Å². The highest BCUT2D eigenvalue weighted by molar-refractivity contribution is 7.98. The summed E-state index contributed by atoms with van der Waals surface area (Å²) in [6.45, 7) is 0. The highest BCUT2D eigenvalue weighted by atomic mass is 32.2. The van der Waals surface area contributed by atoms with E-state index < -0.39 is 0 Å². The van der Waals surface area contributed by atoms with E-state index in [4.69, 9.17) is 5.73 Å². The Balaban J connectivity index is 1.73. The van der Waals surface area contributed by atoms with Crippen molar-refractivity contribution in [2.75, 3.05) is 5.73 Å². The van der Waals surface area contributed by atoms with Crippen molar-refractivity contribution >= 4 is 28.7 Å². The fourth-order valence-corrected chi connectivity index (χ4v) is 3.63. The molecule has 0 bridgehead atoms. The minimum Gasteiger partial charge on any atom is -0.384 e. The molecule has 0 amide bonds. The molecule has 4 aromatic rings. The molecule has 0 aliphatic rings. The van der Waals surface area contributed by atoms with E-state index in [0.29, 0.717) is 28.3 Å². The first-order valence-electron chi connectivity index (χ1n) is 7.38. The Morgan fingerprint density at radius 1 is 1.32 bits per heavy atom. The van der Waals surface area contributed by atoms with Crippen molar-refractivity contribution in [2.24, 2.45) is 0 Å². The first kappa shape index (κ1) is 15.2. The fraction of sp³-hybridized carbons (Fsp3) is 0.0625. The van der Waals surface area contributed by atoms with Gasteiger partial charge >= 0.3 is 0 Å². The van der Waals surface area contributed by atoms with Gasteiger partial charge in [0.15, 0.2) is 5.65 Å². The van der Waals surface area contributed by atoms with Crippen LogP contribution in [0.2, 0.25) is 0 Å². The number of aromatic amines is 1. The Morgan fingerprint density at radius 3 is 3.04 bits per heavy atom. The lowest BCUT2D eigenvalue weighted by Crippen LogP contribution is -2.02. The lowest BCUT2D eigenvalue weighted by Gasteiger charge is -2.11. The third-order valence-electron chi connectivity index (χ3n) is 3.68. The summed E-state index contributed by atoms with van der Waals surface area (Å²) in [5.74, 6) is 0.951. The molecule has 3 N–H and O–H groups in total. The number of nitrogens with zero attached hydrogens (tertiary/aromatic N) is 6. The Hall–Kier alpha value is -3.38. The van der Waals surface area contributed by atoms with E-state index >= 15 is 0 Å². The predicted molar refractivity (Wildman–Crippen MR) is 93.9 cm³/mol. The van der Waals surface area contributed by atoms with Crippen LogP contribution in [0.25, 0.3) is 16.9 Å². The zero-order chi connectivity index (χ0) is 17.2. The molecule has 3 heterocycles. The zero-order valence-electron chi connectivity index (χ0n) is 12.9. The molecular formula is C16H12N8S. The molecule has 0 saturated heterocycles. The van der Waals surface area contributed by atoms with Crippen molar-refractivity contribution in [3.63, 3.8) is 0 Å². The van der Waals surface area contributed by atoms with E-state index in [-0.39, 0.29) is 0 Å². The predicted octanol–water partition coefficient (Wildman–Crippen LogP) is 2.28. The molecule has 0 aliphatic carbocycles. The number of benzene rings is 1. The summed E-state index contributed by atoms with van der Waals surface area (Å²) < 4.78 is 1.75. The van der Waals surface area contributed by atoms with Crippen LogP contribution in [0.15, 0.2) is 47.6 Å². The number of fused-ring (bicyclic) bond motifs is 1. The number of aromatic nitrogens is 6. The summed E-state index contributed by atoms with van der Waals surface area (Å²) in [4.78, 5) is 5.02. The van der Waals surface area contributed by atoms with Gasteiger partial charge in [0.1, 0.15) is 11.3 Å². The number of hydrogen-bond donors (Lipinski definition) is 2. The lowest BCUT2D eigenvalue weighted by molar-refractivity contribution is 0.870. The molecule has 0 aliphatic heterocycles. The molecule has 1 aromatic carbocycles. The van der Waals surface area contributed by atoms with Crippen LogP contribution in [-0.2, 0) is 5.75 Å². The number of pyridine rings is 1. The van der Waals surface area contributed by atoms with Crippen LogP contribution in [0, 0.1) is 11.3 Å². The highest BCUT2D eigenvalue weighted by Crippen LogP contribution is 2.32. The third-order valence-corrected chi connectivity index (χ3v) is 4.73. The second-order valence-corrected chi connectivity index (χ2v) is 6.23. The van der Waals surface area contributed by atoms with E-state index in [1.165, 1.54) is 11.8 Å². The monoisotopic (exact) mass is 348 g/mol. The molecule has 0 fully saturated rings. The lowest BCUT2D eigenvalue weighted by atomic mass is 10.1. The quantitative estimate of drug-likeness (QED) is 0.542. The fourth-order valence-electron chi connectivity index (χ4n) is 2.55. The molecule has 8 nitrogen and oxygen atoms in total. The Morgan fingerprint density at radius 2 is 2.24 bits per heavy atom. The first-order chi connectivity index (χ1) is 12.3. The third kappa shape index (κ3) is 2.79. The van der Waals surface area contributed by atoms with Crippen molar-refractivity contribution in [1.82, 2.24) is 30.2 Å². The molecule has 25 heavy (non-hydrogen) atoms. The maximum Gasteiger partial charge on any atom is 0.179 e. The second kappa shape index (κ2) is 6.26. The molecule has 4 rings (SSSR count). The Labute approximate surface area is 146 Å². The molecule has 122 valence electrons. The summed E-state index contributed by atoms with van der Waals surface area (Å²) in [5.41, 5.74) is 9.43. The molecule has 0 saturated carbocycles. The van der Waals surface area contributed by atoms with Gasteiger partial charge in [0.05, 0.1) is 17.3 Å². The van der Waals surface area contributed by atoms with Gasteiger partial charge in [0.2, 0.25) is 0 Å². The SMILES string of the molecule is N#Cc1cccc(-n2cccn2)c1CSc1cc(N)nc2[nH]nnc12. The number of nitrogens with two attached hydrogens (primary N) is 1. The van der Waals surface area contributed by atoms with E-state index in [9.17, 15) is 5.26 Å². The summed E-state index contributed by atoms with van der Waals surface area (Å²) in [6.07, 6.45) is 3.56. The first-order valence-corrected chi connectivity index (χ1v) is 8.37. The number of hydrogen-bond acceptors (Lipinski definition) is 7. The van der Waals surface area contributed by atoms with Crippen LogP contribution >= 0.6 is 11.8 Å². The molecular weight excluding hydrogens is 336 g/mol. The molecule has 0 atom stereocenters. The highest BCUT2D eigenvalue weighted by Gasteiger charge is 2.14. The average Bonchev–Trinajstić information content (AvgIpc) is 3.30. The van der Waals surface area contributed by atoms with Crippen molar-refractivity contribution < 1.29 is 0 Å². The topological polar surface area (TPSA) is 122 Å². The average molecular weight is 348 g/mol. The smallest absolute Gasteiger partial charge is 0.179 e. The van der Waals surface area contributed by atoms with Crippen molar-refractivity contribution in [2.45, 2.75) is 10.6 Å². The van der Waals surface area contributed by atoms with Gasteiger partial charge in [-0.25, -0.2) is 14.8 Å². The van der Waals surface area contributed by atoms with Crippen molar-refractivity contribution in [3.8, 4) is 11.8 Å². The molecule has 3 aromatic heterocycles. The number of H-pyrrole nitrogens is 1. The van der Waals surface area contributed by atoms with Crippen LogP contribution in [0.5, 0.6) is 0 Å². The van der Waals surface area contributed by atoms with Crippen LogP contribution < -0.4 is 5.73 Å². The maximum atomic E-state index is 9.47. The number of rotatable bonds is 4. The number of nitriles is 1. The number of nitrogens with one attached hydrogen (secondary N) is 1. The van der Waals surface area contributed by atoms with Gasteiger partial charge < -0.3 is 5.73 Å². The van der Waals surface area contributed by atoms with Gasteiger partial charge in [-0.05, 0) is 24.3 Å². The number of anilines is 1. The molecule has 0 spiro atoms. The van der Waals surface area contributed by atoms with Gasteiger partial charge in [-0.15, -0.1) is 16.9 Å². The zero-order valence-corrected chi connectivity index (χ0v) is 13.7. The summed E-state index contributed by atoms with van der Waals surface area (Å²) >= 11 is 1.53. The number of thioether (sulfide) groups is 1. The summed E-state index contributed by atoms with van der Waals surface area (Å²) in [5, 5.41) is 24.3. The van der Waals surface area contributed by atoms with Crippen LogP contribution in [0.4, 0.5) is 5.82 Å². The minimum atomic E-state index is 0.391. The van der Waals surface area contributed by atoms with Gasteiger partial charge in [0, 0.05) is 28.6 Å². The second-order valence-electron chi connectivity index (χ2n) is 5.21. The van der Waals surface area contributed by atoms with Crippen LogP contribution in [0.1, 0.15) is 11.1 Å². The normalized spacial score (nSPS) is 10.8. The summed E-state index contributed by atoms with van der Waals surface area (Å²) in [7, 11) is 0. The van der Waals surface area contributed by atoms with E-state index in [2.05, 4.69) is 31.6 Å². The standard InChI is InChI=1S/C16H12N8S/c17-8-10-3-1-4-12(24-6-2-5-19-24)11(10)9-25-13-7-14(18)20-16-15(13)21-23-22-16/h1-7H,9H2,(H3,18,20,21,22,23). The van der Waals surface area contributed by atoms with Crippen LogP contribution in [-0.4, -0.2) is 30.2 Å². The van der Waals surface area contributed by atoms with E-state index in [1.54, 1.807) is 23.0 Å². The van der Waals surface area contributed by atoms with Crippen LogP contribution in [0.3, 0.4) is 0 Å². The Kier molecular flexibility index (Phi) is 3.80. The van der Waals surface area contributed by atoms with E-state index in [1.807, 2.05) is 24.4 Å². The minimum absolute atomic E-state index is 0.391. The summed E-state index contributed by atoms with van der Waals surface area (Å²) in [6, 6.07) is 11.5. The molecule has 0 unspecified atom stereocenters. The largest absolute Gasteiger partial charge is 0.384 e. The van der Waals surface area contributed by atoms with Crippen molar-refractivity contribution in [3.05, 3.63) is 53.9 Å². The molecule has 0 radical (unpaired) electrons. The van der Waals surface area contributed by atoms with Gasteiger partial charge in [-0.3, -0.25) is 0 Å². The number of nitrogen functional groups attached to an aromatic ring is 1. The molecule has 9 heteroatoms.